The maximum atomic E-state index is 6.43. The Balaban J connectivity index is 2.05. The molecule has 0 amide bonds. The number of anilines is 1. The van der Waals surface area contributed by atoms with E-state index >= 15 is 0 Å². The molecule has 0 bridgehead atoms. The predicted octanol–water partition coefficient (Wildman–Crippen LogP) is 4.89. The maximum absolute atomic E-state index is 6.43. The average molecular weight is 366 g/mol. The molecule has 1 unspecified atom stereocenters. The highest BCUT2D eigenvalue weighted by Crippen LogP contribution is 2.43. The van der Waals surface area contributed by atoms with Crippen molar-refractivity contribution in [2.75, 3.05) is 31.7 Å². The lowest BCUT2D eigenvalue weighted by molar-refractivity contribution is -0.0460. The molecule has 1 N–H and O–H groups in total. The molecule has 1 aliphatic heterocycles. The third-order valence-corrected chi connectivity index (χ3v) is 9.62. The van der Waals surface area contributed by atoms with Crippen LogP contribution in [0.5, 0.6) is 0 Å². The van der Waals surface area contributed by atoms with E-state index in [-0.39, 0.29) is 5.22 Å². The molecule has 0 aromatic heterocycles. The summed E-state index contributed by atoms with van der Waals surface area (Å²) in [5.74, 6) is 0. The van der Waals surface area contributed by atoms with Crippen LogP contribution in [0.2, 0.25) is 6.04 Å². The molecule has 1 atom stereocenters. The van der Waals surface area contributed by atoms with Crippen LogP contribution in [-0.4, -0.2) is 40.2 Å². The van der Waals surface area contributed by atoms with Crippen molar-refractivity contribution in [1.29, 1.82) is 0 Å². The number of hydrogen-bond acceptors (Lipinski definition) is 4. The Morgan fingerprint density at radius 2 is 1.72 bits per heavy atom. The van der Waals surface area contributed by atoms with Crippen LogP contribution in [-0.2, 0) is 13.6 Å². The van der Waals surface area contributed by atoms with E-state index in [2.05, 4.69) is 50.4 Å². The van der Waals surface area contributed by atoms with Crippen LogP contribution < -0.4 is 5.32 Å². The maximum Gasteiger partial charge on any atom is 0.371 e. The zero-order valence-electron chi connectivity index (χ0n) is 16.2. The molecule has 2 rings (SSSR count). The van der Waals surface area contributed by atoms with E-state index in [4.69, 9.17) is 13.6 Å². The summed E-state index contributed by atoms with van der Waals surface area (Å²) in [5.41, 5.74) is 1.18. The highest BCUT2D eigenvalue weighted by molar-refractivity contribution is 6.70. The topological polar surface area (TPSA) is 39.7 Å². The molecular formula is C20H35NO3Si. The molecule has 5 heteroatoms. The molecule has 0 aliphatic carbocycles. The Bertz CT molecular complexity index is 470. The summed E-state index contributed by atoms with van der Waals surface area (Å²) < 4.78 is 19.2. The number of para-hydroxylation sites is 1. The van der Waals surface area contributed by atoms with Crippen molar-refractivity contribution in [3.05, 3.63) is 30.3 Å². The molecular weight excluding hydrogens is 330 g/mol. The van der Waals surface area contributed by atoms with Gasteiger partial charge in [-0.3, -0.25) is 0 Å². The number of benzene rings is 1. The highest BCUT2D eigenvalue weighted by Gasteiger charge is 2.59. The van der Waals surface area contributed by atoms with Gasteiger partial charge in [-0.25, -0.2) is 0 Å². The third-order valence-electron chi connectivity index (χ3n) is 5.07. The van der Waals surface area contributed by atoms with Gasteiger partial charge in [-0.1, -0.05) is 31.0 Å². The van der Waals surface area contributed by atoms with Crippen LogP contribution in [0, 0.1) is 0 Å². The Labute approximate surface area is 154 Å². The first kappa shape index (κ1) is 20.4. The lowest BCUT2D eigenvalue weighted by atomic mass is 10.1. The van der Waals surface area contributed by atoms with Crippen molar-refractivity contribution in [3.63, 3.8) is 0 Å². The first-order valence-corrected chi connectivity index (χ1v) is 11.9. The summed E-state index contributed by atoms with van der Waals surface area (Å²) in [7, 11) is -2.36. The van der Waals surface area contributed by atoms with Gasteiger partial charge in [-0.15, -0.1) is 0 Å². The quantitative estimate of drug-likeness (QED) is 0.447. The molecule has 0 radical (unpaired) electrons. The lowest BCUT2D eigenvalue weighted by Crippen LogP contribution is -2.66. The molecule has 0 spiro atoms. The molecule has 1 aromatic carbocycles. The molecule has 1 fully saturated rings. The van der Waals surface area contributed by atoms with Gasteiger partial charge < -0.3 is 18.9 Å². The molecule has 1 heterocycles. The third kappa shape index (κ3) is 5.06. The van der Waals surface area contributed by atoms with Crippen LogP contribution in [0.4, 0.5) is 5.69 Å². The van der Waals surface area contributed by atoms with Gasteiger partial charge in [0.05, 0.1) is 0 Å². The fourth-order valence-electron chi connectivity index (χ4n) is 4.11. The van der Waals surface area contributed by atoms with Gasteiger partial charge in [-0.05, 0) is 58.2 Å². The number of ether oxygens (including phenoxy) is 1. The van der Waals surface area contributed by atoms with Crippen molar-refractivity contribution < 1.29 is 13.6 Å². The second-order valence-electron chi connectivity index (χ2n) is 6.65. The van der Waals surface area contributed by atoms with Gasteiger partial charge >= 0.3 is 8.56 Å². The van der Waals surface area contributed by atoms with Gasteiger partial charge in [0.2, 0.25) is 0 Å². The number of hydrogen-bond donors (Lipinski definition) is 1. The van der Waals surface area contributed by atoms with Crippen LogP contribution in [0.15, 0.2) is 30.3 Å². The second kappa shape index (κ2) is 10.3. The molecule has 1 aromatic rings. The van der Waals surface area contributed by atoms with E-state index in [9.17, 15) is 0 Å². The minimum absolute atomic E-state index is 0.204. The molecule has 0 saturated carbocycles. The van der Waals surface area contributed by atoms with Crippen molar-refractivity contribution in [1.82, 2.24) is 0 Å². The molecule has 4 nitrogen and oxygen atoms in total. The Hall–Kier alpha value is -0.883. The number of nitrogens with one attached hydrogen (secondary N) is 1. The average Bonchev–Trinajstić information content (AvgIpc) is 2.63. The van der Waals surface area contributed by atoms with Crippen LogP contribution in [0.25, 0.3) is 0 Å². The zero-order valence-corrected chi connectivity index (χ0v) is 17.2. The standard InChI is InChI=1S/C20H35NO3Si/c1-4-22-20(16-12-17-21-19-13-8-7-9-14-19)15-10-11-18-25(20,23-5-2)24-6-3/h7-9,13-14,21H,4-6,10-12,15-18H2,1-3H3. The largest absolute Gasteiger partial charge is 0.393 e. The minimum atomic E-state index is -2.36. The van der Waals surface area contributed by atoms with E-state index in [0.29, 0.717) is 13.2 Å². The molecule has 1 aliphatic rings. The lowest BCUT2D eigenvalue weighted by Gasteiger charge is -2.49. The van der Waals surface area contributed by atoms with Crippen molar-refractivity contribution in [3.8, 4) is 0 Å². The van der Waals surface area contributed by atoms with E-state index in [1.54, 1.807) is 0 Å². The first-order valence-electron chi connectivity index (χ1n) is 9.92. The first-order chi connectivity index (χ1) is 12.2. The fourth-order valence-corrected chi connectivity index (χ4v) is 8.59. The molecule has 1 saturated heterocycles. The molecule has 25 heavy (non-hydrogen) atoms. The van der Waals surface area contributed by atoms with Gasteiger partial charge in [-0.2, -0.15) is 0 Å². The van der Waals surface area contributed by atoms with Crippen molar-refractivity contribution >= 4 is 14.2 Å². The predicted molar refractivity (Wildman–Crippen MR) is 106 cm³/mol. The van der Waals surface area contributed by atoms with E-state index in [1.807, 2.05) is 6.07 Å². The summed E-state index contributed by atoms with van der Waals surface area (Å²) in [6.07, 6.45) is 5.54. The van der Waals surface area contributed by atoms with E-state index in [0.717, 1.165) is 38.5 Å². The Morgan fingerprint density at radius 1 is 1.00 bits per heavy atom. The smallest absolute Gasteiger partial charge is 0.371 e. The van der Waals surface area contributed by atoms with Crippen molar-refractivity contribution in [2.45, 2.75) is 64.1 Å². The van der Waals surface area contributed by atoms with Crippen LogP contribution in [0.1, 0.15) is 52.9 Å². The van der Waals surface area contributed by atoms with Gasteiger partial charge in [0.1, 0.15) is 5.22 Å². The zero-order chi connectivity index (χ0) is 18.0. The highest BCUT2D eigenvalue weighted by atomic mass is 28.4. The summed E-state index contributed by atoms with van der Waals surface area (Å²) in [6.45, 7) is 9.34. The minimum Gasteiger partial charge on any atom is -0.393 e. The Kier molecular flexibility index (Phi) is 8.43. The number of rotatable bonds is 11. The summed E-state index contributed by atoms with van der Waals surface area (Å²) >= 11 is 0. The summed E-state index contributed by atoms with van der Waals surface area (Å²) in [6, 6.07) is 11.4. The van der Waals surface area contributed by atoms with Gasteiger partial charge in [0, 0.05) is 32.1 Å². The summed E-state index contributed by atoms with van der Waals surface area (Å²) in [4.78, 5) is 0. The van der Waals surface area contributed by atoms with Crippen molar-refractivity contribution in [2.24, 2.45) is 0 Å². The monoisotopic (exact) mass is 365 g/mol. The van der Waals surface area contributed by atoms with Gasteiger partial charge in [0.15, 0.2) is 0 Å². The second-order valence-corrected chi connectivity index (χ2v) is 10.1. The van der Waals surface area contributed by atoms with E-state index < -0.39 is 8.56 Å². The SMILES string of the molecule is CCOC1(CCCNc2ccccc2)CCCC[Si]1(OCC)OCC. The molecule has 142 valence electrons. The van der Waals surface area contributed by atoms with Crippen LogP contribution >= 0.6 is 0 Å². The van der Waals surface area contributed by atoms with E-state index in [1.165, 1.54) is 18.5 Å². The Morgan fingerprint density at radius 3 is 2.36 bits per heavy atom. The summed E-state index contributed by atoms with van der Waals surface area (Å²) in [5, 5.41) is 3.31. The normalized spacial score (nSPS) is 22.7. The van der Waals surface area contributed by atoms with Crippen LogP contribution in [0.3, 0.4) is 0 Å². The fraction of sp³-hybridized carbons (Fsp3) is 0.700. The van der Waals surface area contributed by atoms with Gasteiger partial charge in [0.25, 0.3) is 0 Å².